The van der Waals surface area contributed by atoms with Gasteiger partial charge in [0, 0.05) is 19.3 Å². The van der Waals surface area contributed by atoms with Crippen molar-refractivity contribution >= 4 is 17.9 Å². The zero-order chi connectivity index (χ0) is 58.5. The van der Waals surface area contributed by atoms with Gasteiger partial charge in [-0.3, -0.25) is 14.4 Å². The van der Waals surface area contributed by atoms with Crippen LogP contribution in [0.3, 0.4) is 0 Å². The molecule has 0 aromatic heterocycles. The lowest BCUT2D eigenvalue weighted by atomic mass is 10.0. The molecule has 1 unspecified atom stereocenters. The molecule has 0 amide bonds. The molecular formula is C75H128O6. The average Bonchev–Trinajstić information content (AvgIpc) is 3.47. The summed E-state index contributed by atoms with van der Waals surface area (Å²) >= 11 is 0. The molecule has 81 heavy (non-hydrogen) atoms. The molecule has 0 N–H and O–H groups in total. The zero-order valence-electron chi connectivity index (χ0n) is 53.3. The number of rotatable bonds is 62. The molecule has 1 atom stereocenters. The molecule has 0 aromatic carbocycles. The normalized spacial score (nSPS) is 12.8. The fourth-order valence-corrected chi connectivity index (χ4v) is 9.71. The van der Waals surface area contributed by atoms with Gasteiger partial charge in [-0.2, -0.15) is 0 Å². The molecule has 0 heterocycles. The maximum absolute atomic E-state index is 12.9. The van der Waals surface area contributed by atoms with E-state index in [1.165, 1.54) is 180 Å². The number of carbonyl (C=O) groups is 3. The van der Waals surface area contributed by atoms with E-state index in [-0.39, 0.29) is 37.5 Å². The molecule has 0 radical (unpaired) electrons. The van der Waals surface area contributed by atoms with Gasteiger partial charge in [0.1, 0.15) is 13.2 Å². The van der Waals surface area contributed by atoms with Gasteiger partial charge in [0.15, 0.2) is 6.10 Å². The summed E-state index contributed by atoms with van der Waals surface area (Å²) in [5.41, 5.74) is 0. The van der Waals surface area contributed by atoms with Crippen LogP contribution in [0, 0.1) is 0 Å². The molecule has 0 aromatic rings. The SMILES string of the molecule is CC/C=C\C/C=C\C/C=C\C/C=C\C/C=C\CCCC(=O)OC(COC(=O)CCCCCCCCCCCCC)COC(=O)CCCCCCCCCCCCCCCCCCCCCCCC/C=C\C/C=C\C/C=C\C/C=C\CC. The second-order valence-corrected chi connectivity index (χ2v) is 22.7. The first-order valence-corrected chi connectivity index (χ1v) is 34.4. The first kappa shape index (κ1) is 77.1. The van der Waals surface area contributed by atoms with Crippen LogP contribution in [0.5, 0.6) is 0 Å². The van der Waals surface area contributed by atoms with Gasteiger partial charge in [-0.1, -0.05) is 323 Å². The van der Waals surface area contributed by atoms with Crippen LogP contribution in [0.4, 0.5) is 0 Å². The summed E-state index contributed by atoms with van der Waals surface area (Å²) in [6.45, 7) is 6.39. The molecule has 6 nitrogen and oxygen atoms in total. The fraction of sp³-hybridized carbons (Fsp3) is 0.720. The molecule has 0 saturated heterocycles. The first-order chi connectivity index (χ1) is 40.0. The van der Waals surface area contributed by atoms with Crippen LogP contribution < -0.4 is 0 Å². The third-order valence-electron chi connectivity index (χ3n) is 14.8. The van der Waals surface area contributed by atoms with Crippen LogP contribution in [0.1, 0.15) is 329 Å². The summed E-state index contributed by atoms with van der Waals surface area (Å²) in [6.07, 6.45) is 94.3. The number of carbonyl (C=O) groups excluding carboxylic acids is 3. The maximum Gasteiger partial charge on any atom is 0.306 e. The van der Waals surface area contributed by atoms with Gasteiger partial charge in [0.05, 0.1) is 0 Å². The fourth-order valence-electron chi connectivity index (χ4n) is 9.71. The molecule has 464 valence electrons. The van der Waals surface area contributed by atoms with Crippen molar-refractivity contribution in [2.75, 3.05) is 13.2 Å². The summed E-state index contributed by atoms with van der Waals surface area (Å²) in [5.74, 6) is -0.943. The minimum atomic E-state index is -0.805. The lowest BCUT2D eigenvalue weighted by Gasteiger charge is -2.18. The van der Waals surface area contributed by atoms with Crippen LogP contribution in [-0.4, -0.2) is 37.2 Å². The molecule has 0 rings (SSSR count). The van der Waals surface area contributed by atoms with Gasteiger partial charge >= 0.3 is 17.9 Å². The van der Waals surface area contributed by atoms with E-state index in [4.69, 9.17) is 14.2 Å². The summed E-state index contributed by atoms with van der Waals surface area (Å²) in [7, 11) is 0. The van der Waals surface area contributed by atoms with Crippen molar-refractivity contribution in [2.45, 2.75) is 335 Å². The monoisotopic (exact) mass is 1120 g/mol. The number of hydrogen-bond donors (Lipinski definition) is 0. The Morgan fingerprint density at radius 2 is 0.494 bits per heavy atom. The topological polar surface area (TPSA) is 78.9 Å². The molecule has 0 aliphatic heterocycles. The van der Waals surface area contributed by atoms with Crippen LogP contribution in [0.25, 0.3) is 0 Å². The lowest BCUT2D eigenvalue weighted by molar-refractivity contribution is -0.167. The van der Waals surface area contributed by atoms with Crippen molar-refractivity contribution < 1.29 is 28.6 Å². The summed E-state index contributed by atoms with van der Waals surface area (Å²) in [6, 6.07) is 0. The highest BCUT2D eigenvalue weighted by atomic mass is 16.6. The Morgan fingerprint density at radius 1 is 0.259 bits per heavy atom. The smallest absolute Gasteiger partial charge is 0.306 e. The molecule has 0 fully saturated rings. The third kappa shape index (κ3) is 66.8. The van der Waals surface area contributed by atoms with E-state index < -0.39 is 6.10 Å². The predicted octanol–water partition coefficient (Wildman–Crippen LogP) is 23.8. The van der Waals surface area contributed by atoms with Crippen LogP contribution in [0.2, 0.25) is 0 Å². The first-order valence-electron chi connectivity index (χ1n) is 34.4. The molecule has 0 aliphatic carbocycles. The quantitative estimate of drug-likeness (QED) is 0.0261. The number of allylic oxidation sites excluding steroid dienone is 18. The van der Waals surface area contributed by atoms with Gasteiger partial charge in [-0.15, -0.1) is 0 Å². The van der Waals surface area contributed by atoms with Gasteiger partial charge in [-0.25, -0.2) is 0 Å². The molecular weight excluding hydrogens is 997 g/mol. The Balaban J connectivity index is 4.12. The molecule has 0 bridgehead atoms. The van der Waals surface area contributed by atoms with Crippen LogP contribution >= 0.6 is 0 Å². The van der Waals surface area contributed by atoms with Crippen molar-refractivity contribution in [3.05, 3.63) is 109 Å². The summed E-state index contributed by atoms with van der Waals surface area (Å²) in [4.78, 5) is 38.2. The van der Waals surface area contributed by atoms with Crippen molar-refractivity contribution in [2.24, 2.45) is 0 Å². The van der Waals surface area contributed by atoms with Crippen molar-refractivity contribution in [1.82, 2.24) is 0 Å². The van der Waals surface area contributed by atoms with Gasteiger partial charge in [0.25, 0.3) is 0 Å². The minimum Gasteiger partial charge on any atom is -0.462 e. The Bertz CT molecular complexity index is 1620. The molecule has 0 spiro atoms. The standard InChI is InChI=1S/C75H128O6/c1-4-7-10-13-16-19-22-24-26-28-29-30-31-32-33-34-35-36-37-38-39-40-41-42-43-44-45-47-48-50-53-56-59-62-65-68-74(77)80-71-72(70-79-73(76)67-64-61-58-55-52-21-18-15-12-9-6-3)81-75(78)69-66-63-60-57-54-51-49-46-27-25-23-20-17-14-11-8-5-2/h7-8,10-11,16-17,19-20,24-27,29-30,49,51,57,60,72H,4-6,9,12-15,18,21-23,28,31-48,50,52-56,58-59,61-71H2,1-3H3/b10-7-,11-8-,19-16-,20-17-,26-24-,27-25-,30-29-,51-49-,60-57-. The van der Waals surface area contributed by atoms with Crippen LogP contribution in [0.15, 0.2) is 109 Å². The summed E-state index contributed by atoms with van der Waals surface area (Å²) in [5, 5.41) is 0. The van der Waals surface area contributed by atoms with Gasteiger partial charge in [-0.05, 0) is 96.3 Å². The highest BCUT2D eigenvalue weighted by Crippen LogP contribution is 2.17. The van der Waals surface area contributed by atoms with E-state index in [1.54, 1.807) is 0 Å². The highest BCUT2D eigenvalue weighted by molar-refractivity contribution is 5.71. The number of esters is 3. The van der Waals surface area contributed by atoms with Gasteiger partial charge < -0.3 is 14.2 Å². The van der Waals surface area contributed by atoms with E-state index in [0.29, 0.717) is 19.3 Å². The second kappa shape index (κ2) is 68.6. The van der Waals surface area contributed by atoms with Crippen molar-refractivity contribution in [3.63, 3.8) is 0 Å². The molecule has 6 heteroatoms. The van der Waals surface area contributed by atoms with Crippen LogP contribution in [-0.2, 0) is 28.6 Å². The molecule has 0 aliphatic rings. The van der Waals surface area contributed by atoms with Crippen molar-refractivity contribution in [1.29, 1.82) is 0 Å². The largest absolute Gasteiger partial charge is 0.462 e. The van der Waals surface area contributed by atoms with E-state index in [0.717, 1.165) is 103 Å². The third-order valence-corrected chi connectivity index (χ3v) is 14.8. The van der Waals surface area contributed by atoms with Crippen molar-refractivity contribution in [3.8, 4) is 0 Å². The highest BCUT2D eigenvalue weighted by Gasteiger charge is 2.19. The number of hydrogen-bond acceptors (Lipinski definition) is 6. The average molecular weight is 1130 g/mol. The summed E-state index contributed by atoms with van der Waals surface area (Å²) < 4.78 is 16.9. The lowest BCUT2D eigenvalue weighted by Crippen LogP contribution is -2.30. The van der Waals surface area contributed by atoms with E-state index in [9.17, 15) is 14.4 Å². The second-order valence-electron chi connectivity index (χ2n) is 22.7. The Morgan fingerprint density at radius 3 is 0.790 bits per heavy atom. The number of unbranched alkanes of at least 4 members (excludes halogenated alkanes) is 33. The Labute approximate surface area is 501 Å². The minimum absolute atomic E-state index is 0.0962. The van der Waals surface area contributed by atoms with E-state index >= 15 is 0 Å². The molecule has 0 saturated carbocycles. The number of ether oxygens (including phenoxy) is 3. The Hall–Kier alpha value is -3.93. The predicted molar refractivity (Wildman–Crippen MR) is 353 cm³/mol. The van der Waals surface area contributed by atoms with E-state index in [2.05, 4.69) is 130 Å². The zero-order valence-corrected chi connectivity index (χ0v) is 53.3. The van der Waals surface area contributed by atoms with Gasteiger partial charge in [0.2, 0.25) is 0 Å². The maximum atomic E-state index is 12.9. The Kier molecular flexibility index (Phi) is 65.2. The van der Waals surface area contributed by atoms with E-state index in [1.807, 2.05) is 0 Å².